The van der Waals surface area contributed by atoms with E-state index in [0.717, 1.165) is 12.0 Å². The number of hydrogen-bond donors (Lipinski definition) is 2. The molecule has 1 rings (SSSR count). The Balaban J connectivity index is 2.65. The van der Waals surface area contributed by atoms with Crippen molar-refractivity contribution in [3.8, 4) is 11.5 Å². The lowest BCUT2D eigenvalue weighted by molar-refractivity contribution is -0.124. The molecular weight excluding hydrogens is 244 g/mol. The lowest BCUT2D eigenvalue weighted by atomic mass is 10.1. The number of nitrogens with one attached hydrogen (secondary N) is 1. The Morgan fingerprint density at radius 3 is 2.53 bits per heavy atom. The van der Waals surface area contributed by atoms with Crippen molar-refractivity contribution in [1.82, 2.24) is 5.32 Å². The van der Waals surface area contributed by atoms with Crippen LogP contribution in [-0.2, 0) is 11.3 Å². The van der Waals surface area contributed by atoms with E-state index in [2.05, 4.69) is 5.32 Å². The van der Waals surface area contributed by atoms with E-state index in [4.69, 9.17) is 15.2 Å². The maximum absolute atomic E-state index is 11.8. The van der Waals surface area contributed by atoms with Crippen molar-refractivity contribution in [2.75, 3.05) is 20.8 Å². The molecule has 106 valence electrons. The highest BCUT2D eigenvalue weighted by Gasteiger charge is 2.14. The van der Waals surface area contributed by atoms with Crippen molar-refractivity contribution in [1.29, 1.82) is 0 Å². The van der Waals surface area contributed by atoms with Crippen LogP contribution in [0.3, 0.4) is 0 Å². The van der Waals surface area contributed by atoms with E-state index in [-0.39, 0.29) is 11.8 Å². The summed E-state index contributed by atoms with van der Waals surface area (Å²) in [6, 6.07) is 5.56. The van der Waals surface area contributed by atoms with E-state index in [1.807, 2.05) is 25.1 Å². The zero-order chi connectivity index (χ0) is 14.3. The molecule has 3 N–H and O–H groups in total. The van der Waals surface area contributed by atoms with Gasteiger partial charge in [0, 0.05) is 19.0 Å². The van der Waals surface area contributed by atoms with Crippen LogP contribution in [-0.4, -0.2) is 26.7 Å². The summed E-state index contributed by atoms with van der Waals surface area (Å²) in [7, 11) is 3.17. The molecule has 0 spiro atoms. The fraction of sp³-hybridized carbons (Fsp3) is 0.500. The zero-order valence-corrected chi connectivity index (χ0v) is 11.7. The maximum atomic E-state index is 11.8. The third-order valence-electron chi connectivity index (χ3n) is 3.06. The fourth-order valence-electron chi connectivity index (χ4n) is 1.78. The predicted molar refractivity (Wildman–Crippen MR) is 74.2 cm³/mol. The van der Waals surface area contributed by atoms with Crippen molar-refractivity contribution >= 4 is 5.91 Å². The first-order valence-corrected chi connectivity index (χ1v) is 6.34. The molecule has 0 saturated carbocycles. The van der Waals surface area contributed by atoms with Crippen LogP contribution < -0.4 is 20.5 Å². The second-order valence-corrected chi connectivity index (χ2v) is 4.25. The van der Waals surface area contributed by atoms with Crippen LogP contribution in [0, 0.1) is 5.92 Å². The molecule has 1 unspecified atom stereocenters. The predicted octanol–water partition coefficient (Wildman–Crippen LogP) is 1.30. The molecule has 0 heterocycles. The highest BCUT2D eigenvalue weighted by atomic mass is 16.5. The van der Waals surface area contributed by atoms with Gasteiger partial charge in [-0.15, -0.1) is 0 Å². The van der Waals surface area contributed by atoms with Crippen molar-refractivity contribution < 1.29 is 14.3 Å². The molecule has 0 aromatic heterocycles. The van der Waals surface area contributed by atoms with Crippen LogP contribution in [0.4, 0.5) is 0 Å². The summed E-state index contributed by atoms with van der Waals surface area (Å²) in [5.41, 5.74) is 6.50. The Morgan fingerprint density at radius 2 is 2.00 bits per heavy atom. The first-order chi connectivity index (χ1) is 9.15. The molecule has 1 aromatic rings. The van der Waals surface area contributed by atoms with Crippen molar-refractivity contribution in [3.63, 3.8) is 0 Å². The molecule has 19 heavy (non-hydrogen) atoms. The quantitative estimate of drug-likeness (QED) is 0.780. The van der Waals surface area contributed by atoms with Gasteiger partial charge in [-0.2, -0.15) is 0 Å². The van der Waals surface area contributed by atoms with Crippen molar-refractivity contribution in [2.45, 2.75) is 19.9 Å². The molecule has 5 heteroatoms. The van der Waals surface area contributed by atoms with Gasteiger partial charge in [-0.05, 0) is 24.1 Å². The number of methoxy groups -OCH3 is 2. The summed E-state index contributed by atoms with van der Waals surface area (Å²) in [5, 5.41) is 2.87. The smallest absolute Gasteiger partial charge is 0.224 e. The van der Waals surface area contributed by atoms with Gasteiger partial charge in [0.05, 0.1) is 14.2 Å². The fourth-order valence-corrected chi connectivity index (χ4v) is 1.78. The van der Waals surface area contributed by atoms with E-state index in [0.29, 0.717) is 24.6 Å². The van der Waals surface area contributed by atoms with Gasteiger partial charge in [0.2, 0.25) is 5.91 Å². The molecule has 1 amide bonds. The number of carbonyl (C=O) groups excluding carboxylic acids is 1. The summed E-state index contributed by atoms with van der Waals surface area (Å²) < 4.78 is 10.4. The molecular formula is C14H22N2O3. The van der Waals surface area contributed by atoms with Gasteiger partial charge in [0.15, 0.2) is 11.5 Å². The Labute approximate surface area is 114 Å². The van der Waals surface area contributed by atoms with Gasteiger partial charge >= 0.3 is 0 Å². The second kappa shape index (κ2) is 7.63. The standard InChI is InChI=1S/C14H22N2O3/c1-4-11(8-15)14(17)16-9-10-5-6-12(18-2)13(7-10)19-3/h5-7,11H,4,8-9,15H2,1-3H3,(H,16,17). The topological polar surface area (TPSA) is 73.6 Å². The zero-order valence-electron chi connectivity index (χ0n) is 11.7. The number of benzene rings is 1. The van der Waals surface area contributed by atoms with Gasteiger partial charge in [0.25, 0.3) is 0 Å². The molecule has 0 fully saturated rings. The highest BCUT2D eigenvalue weighted by Crippen LogP contribution is 2.27. The lowest BCUT2D eigenvalue weighted by Crippen LogP contribution is -2.34. The minimum atomic E-state index is -0.125. The first-order valence-electron chi connectivity index (χ1n) is 6.34. The number of carbonyl (C=O) groups is 1. The van der Waals surface area contributed by atoms with Gasteiger partial charge < -0.3 is 20.5 Å². The van der Waals surface area contributed by atoms with Gasteiger partial charge in [-0.25, -0.2) is 0 Å². The van der Waals surface area contributed by atoms with Gasteiger partial charge in [-0.3, -0.25) is 4.79 Å². The summed E-state index contributed by atoms with van der Waals surface area (Å²) in [6.45, 7) is 2.78. The molecule has 0 aliphatic carbocycles. The van der Waals surface area contributed by atoms with Crippen molar-refractivity contribution in [2.24, 2.45) is 11.7 Å². The Morgan fingerprint density at radius 1 is 1.32 bits per heavy atom. The van der Waals surface area contributed by atoms with E-state index in [9.17, 15) is 4.79 Å². The monoisotopic (exact) mass is 266 g/mol. The van der Waals surface area contributed by atoms with Gasteiger partial charge in [0.1, 0.15) is 0 Å². The third kappa shape index (κ3) is 4.13. The molecule has 0 radical (unpaired) electrons. The minimum Gasteiger partial charge on any atom is -0.493 e. The Kier molecular flexibility index (Phi) is 6.15. The number of rotatable bonds is 7. The number of hydrogen-bond acceptors (Lipinski definition) is 4. The summed E-state index contributed by atoms with van der Waals surface area (Å²) in [4.78, 5) is 11.8. The van der Waals surface area contributed by atoms with Crippen LogP contribution in [0.2, 0.25) is 0 Å². The van der Waals surface area contributed by atoms with Crippen LogP contribution >= 0.6 is 0 Å². The van der Waals surface area contributed by atoms with Crippen molar-refractivity contribution in [3.05, 3.63) is 23.8 Å². The lowest BCUT2D eigenvalue weighted by Gasteiger charge is -2.14. The molecule has 1 aromatic carbocycles. The molecule has 5 nitrogen and oxygen atoms in total. The molecule has 0 aliphatic rings. The average molecular weight is 266 g/mol. The van der Waals surface area contributed by atoms with E-state index >= 15 is 0 Å². The SMILES string of the molecule is CCC(CN)C(=O)NCc1ccc(OC)c(OC)c1. The molecule has 1 atom stereocenters. The summed E-state index contributed by atoms with van der Waals surface area (Å²) in [5.74, 6) is 1.19. The van der Waals surface area contributed by atoms with Crippen LogP contribution in [0.5, 0.6) is 11.5 Å². The first kappa shape index (κ1) is 15.3. The normalized spacial score (nSPS) is 11.8. The van der Waals surface area contributed by atoms with E-state index in [1.165, 1.54) is 0 Å². The van der Waals surface area contributed by atoms with Crippen LogP contribution in [0.25, 0.3) is 0 Å². The highest BCUT2D eigenvalue weighted by molar-refractivity contribution is 5.78. The largest absolute Gasteiger partial charge is 0.493 e. The minimum absolute atomic E-state index is 0.0141. The molecule has 0 aliphatic heterocycles. The van der Waals surface area contributed by atoms with Crippen LogP contribution in [0.15, 0.2) is 18.2 Å². The van der Waals surface area contributed by atoms with E-state index < -0.39 is 0 Å². The number of ether oxygens (including phenoxy) is 2. The molecule has 0 bridgehead atoms. The van der Waals surface area contributed by atoms with E-state index in [1.54, 1.807) is 14.2 Å². The van der Waals surface area contributed by atoms with Crippen LogP contribution in [0.1, 0.15) is 18.9 Å². The molecule has 0 saturated heterocycles. The maximum Gasteiger partial charge on any atom is 0.224 e. The average Bonchev–Trinajstić information content (AvgIpc) is 2.45. The van der Waals surface area contributed by atoms with Gasteiger partial charge in [-0.1, -0.05) is 13.0 Å². The third-order valence-corrected chi connectivity index (χ3v) is 3.06. The second-order valence-electron chi connectivity index (χ2n) is 4.25. The Bertz CT molecular complexity index is 417. The summed E-state index contributed by atoms with van der Waals surface area (Å²) >= 11 is 0. The summed E-state index contributed by atoms with van der Waals surface area (Å²) in [6.07, 6.45) is 0.744. The number of amides is 1. The Hall–Kier alpha value is -1.75. The number of nitrogens with two attached hydrogens (primary N) is 1.